The van der Waals surface area contributed by atoms with Crippen molar-refractivity contribution in [2.75, 3.05) is 0 Å². The smallest absolute Gasteiger partial charge is 0.327 e. The molecule has 0 aliphatic carbocycles. The lowest BCUT2D eigenvalue weighted by Crippen LogP contribution is -2.22. The minimum Gasteiger partial charge on any atom is -0.373 e. The number of carbonyl (C=O) groups is 4. The van der Waals surface area contributed by atoms with Crippen molar-refractivity contribution in [1.82, 2.24) is 0 Å². The molecule has 31 heavy (non-hydrogen) atoms. The Balaban J connectivity index is 4.23. The largest absolute Gasteiger partial charge is 0.373 e. The molecule has 12 nitrogen and oxygen atoms in total. The fourth-order valence-electron chi connectivity index (χ4n) is 3.35. The first kappa shape index (κ1) is 28.7. The third-order valence-electron chi connectivity index (χ3n) is 5.13. The summed E-state index contributed by atoms with van der Waals surface area (Å²) in [5.74, 6) is 16.9. The summed E-state index contributed by atoms with van der Waals surface area (Å²) in [6.07, 6.45) is 7.30. The van der Waals surface area contributed by atoms with Crippen LogP contribution >= 0.6 is 0 Å². The van der Waals surface area contributed by atoms with Gasteiger partial charge in [0.05, 0.1) is 11.8 Å². The summed E-state index contributed by atoms with van der Waals surface area (Å²) >= 11 is 0. The summed E-state index contributed by atoms with van der Waals surface area (Å²) < 4.78 is 0. The number of carbonyl (C=O) groups excluding carboxylic acids is 4. The van der Waals surface area contributed by atoms with Gasteiger partial charge in [-0.1, -0.05) is 32.1 Å². The Kier molecular flexibility index (Phi) is 17.1. The maximum atomic E-state index is 11.8. The van der Waals surface area contributed by atoms with Crippen LogP contribution in [0.25, 0.3) is 0 Å². The van der Waals surface area contributed by atoms with E-state index in [0.29, 0.717) is 51.4 Å². The second-order valence-electron chi connectivity index (χ2n) is 7.38. The molecule has 0 aliphatic rings. The van der Waals surface area contributed by atoms with Gasteiger partial charge in [-0.2, -0.15) is 23.6 Å². The van der Waals surface area contributed by atoms with E-state index in [0.717, 1.165) is 19.3 Å². The molecule has 0 aromatic rings. The highest BCUT2D eigenvalue weighted by atomic mass is 16.7. The van der Waals surface area contributed by atoms with Crippen LogP contribution in [0.4, 0.5) is 0 Å². The van der Waals surface area contributed by atoms with Crippen LogP contribution in [0.3, 0.4) is 0 Å². The summed E-state index contributed by atoms with van der Waals surface area (Å²) in [5, 5.41) is 0. The van der Waals surface area contributed by atoms with Crippen molar-refractivity contribution < 1.29 is 38.5 Å². The molecule has 0 saturated carbocycles. The molecule has 0 rings (SSSR count). The predicted molar refractivity (Wildman–Crippen MR) is 108 cm³/mol. The fraction of sp³-hybridized carbons (Fsp3) is 0.789. The van der Waals surface area contributed by atoms with Crippen LogP contribution in [-0.2, 0) is 38.5 Å². The lowest BCUT2D eigenvalue weighted by atomic mass is 9.92. The van der Waals surface area contributed by atoms with Gasteiger partial charge in [0.2, 0.25) is 0 Å². The molecule has 2 atom stereocenters. The zero-order valence-electron chi connectivity index (χ0n) is 17.9. The maximum Gasteiger partial charge on any atom is 0.327 e. The number of hydrogen-bond donors (Lipinski definition) is 4. The molecule has 8 N–H and O–H groups in total. The van der Waals surface area contributed by atoms with Crippen molar-refractivity contribution in [2.45, 2.75) is 83.5 Å². The van der Waals surface area contributed by atoms with Gasteiger partial charge < -0.3 is 19.4 Å². The van der Waals surface area contributed by atoms with Gasteiger partial charge in [-0.3, -0.25) is 19.2 Å². The first-order chi connectivity index (χ1) is 14.9. The first-order valence-electron chi connectivity index (χ1n) is 10.5. The van der Waals surface area contributed by atoms with Gasteiger partial charge in [0, 0.05) is 12.8 Å². The molecule has 0 aromatic carbocycles. The van der Waals surface area contributed by atoms with Crippen LogP contribution in [0.15, 0.2) is 0 Å². The summed E-state index contributed by atoms with van der Waals surface area (Å²) in [4.78, 5) is 62.6. The monoisotopic (exact) mass is 448 g/mol. The van der Waals surface area contributed by atoms with Crippen molar-refractivity contribution in [3.8, 4) is 0 Å². The van der Waals surface area contributed by atoms with E-state index < -0.39 is 23.9 Å². The number of nitrogens with two attached hydrogens (primary N) is 4. The van der Waals surface area contributed by atoms with Crippen LogP contribution in [0.2, 0.25) is 0 Å². The van der Waals surface area contributed by atoms with Gasteiger partial charge in [0.15, 0.2) is 0 Å². The van der Waals surface area contributed by atoms with E-state index in [9.17, 15) is 19.2 Å². The molecular weight excluding hydrogens is 412 g/mol. The molecule has 0 aliphatic heterocycles. The molecular formula is C19H36N4O8. The van der Waals surface area contributed by atoms with Crippen LogP contribution in [0, 0.1) is 11.8 Å². The highest BCUT2D eigenvalue weighted by Gasteiger charge is 2.21. The molecule has 0 saturated heterocycles. The second kappa shape index (κ2) is 18.5. The molecule has 180 valence electrons. The van der Waals surface area contributed by atoms with E-state index in [1.54, 1.807) is 0 Å². The van der Waals surface area contributed by atoms with Crippen molar-refractivity contribution in [2.24, 2.45) is 35.4 Å². The maximum absolute atomic E-state index is 11.8. The van der Waals surface area contributed by atoms with Crippen LogP contribution in [-0.4, -0.2) is 23.9 Å². The van der Waals surface area contributed by atoms with Gasteiger partial charge in [-0.05, 0) is 38.5 Å². The highest BCUT2D eigenvalue weighted by molar-refractivity contribution is 5.72. The second-order valence-corrected chi connectivity index (χ2v) is 7.38. The van der Waals surface area contributed by atoms with Crippen LogP contribution in [0.1, 0.15) is 83.5 Å². The van der Waals surface area contributed by atoms with E-state index in [4.69, 9.17) is 23.6 Å². The highest BCUT2D eigenvalue weighted by Crippen LogP contribution is 2.22. The molecule has 0 heterocycles. The van der Waals surface area contributed by atoms with Crippen LogP contribution < -0.4 is 23.6 Å². The van der Waals surface area contributed by atoms with Crippen molar-refractivity contribution in [1.29, 1.82) is 0 Å². The Hall–Kier alpha value is -2.28. The fourth-order valence-corrected chi connectivity index (χ4v) is 3.35. The minimum atomic E-state index is -0.497. The summed E-state index contributed by atoms with van der Waals surface area (Å²) in [6, 6.07) is 0. The third-order valence-corrected chi connectivity index (χ3v) is 5.13. The number of unbranched alkanes of at least 4 members (excludes halogenated alkanes) is 4. The molecule has 12 heteroatoms. The van der Waals surface area contributed by atoms with Gasteiger partial charge in [0.25, 0.3) is 0 Å². The average Bonchev–Trinajstić information content (AvgIpc) is 2.79. The zero-order chi connectivity index (χ0) is 23.5. The molecule has 0 radical (unpaired) electrons. The molecule has 0 bridgehead atoms. The Labute approximate surface area is 182 Å². The lowest BCUT2D eigenvalue weighted by molar-refractivity contribution is -0.150. The van der Waals surface area contributed by atoms with E-state index >= 15 is 0 Å². The van der Waals surface area contributed by atoms with E-state index in [1.807, 2.05) is 0 Å². The van der Waals surface area contributed by atoms with Crippen molar-refractivity contribution in [3.63, 3.8) is 0 Å². The molecule has 0 spiro atoms. The predicted octanol–water partition coefficient (Wildman–Crippen LogP) is 0.958. The molecule has 0 fully saturated rings. The molecule has 0 aromatic heterocycles. The topological polar surface area (TPSA) is 209 Å². The molecule has 2 unspecified atom stereocenters. The van der Waals surface area contributed by atoms with Crippen LogP contribution in [0.5, 0.6) is 0 Å². The first-order valence-corrected chi connectivity index (χ1v) is 10.5. The number of rotatable bonds is 18. The van der Waals surface area contributed by atoms with Crippen molar-refractivity contribution in [3.05, 3.63) is 0 Å². The quantitative estimate of drug-likeness (QED) is 0.171. The van der Waals surface area contributed by atoms with Gasteiger partial charge >= 0.3 is 23.9 Å². The van der Waals surface area contributed by atoms with E-state index in [2.05, 4.69) is 19.4 Å². The SMILES string of the molecule is NOC(=O)CCCCC(CCCCCC(CCCCC(=O)ON)C(=O)ON)C(=O)ON. The minimum absolute atomic E-state index is 0.187. The summed E-state index contributed by atoms with van der Waals surface area (Å²) in [5.41, 5.74) is 0. The normalized spacial score (nSPS) is 12.5. The summed E-state index contributed by atoms with van der Waals surface area (Å²) in [6.45, 7) is 0. The Morgan fingerprint density at radius 3 is 1.10 bits per heavy atom. The standard InChI is InChI=1S/C19H36N4O8/c20-28-16(24)12-6-4-10-14(18(26)30-22)8-2-1-3-9-15(19(27)31-23)11-5-7-13-17(25)29-21/h14-15H,1-13,20-23H2. The number of hydrogen-bond acceptors (Lipinski definition) is 12. The Morgan fingerprint density at radius 1 is 0.484 bits per heavy atom. The Bertz CT molecular complexity index is 501. The lowest BCUT2D eigenvalue weighted by Gasteiger charge is -2.15. The molecule has 0 amide bonds. The van der Waals surface area contributed by atoms with Gasteiger partial charge in [-0.15, -0.1) is 0 Å². The Morgan fingerprint density at radius 2 is 0.806 bits per heavy atom. The zero-order valence-corrected chi connectivity index (χ0v) is 17.9. The summed E-state index contributed by atoms with van der Waals surface area (Å²) in [7, 11) is 0. The van der Waals surface area contributed by atoms with Gasteiger partial charge in [-0.25, -0.2) is 0 Å². The van der Waals surface area contributed by atoms with E-state index in [1.165, 1.54) is 0 Å². The third kappa shape index (κ3) is 14.4. The average molecular weight is 449 g/mol. The van der Waals surface area contributed by atoms with Crippen molar-refractivity contribution >= 4 is 23.9 Å². The van der Waals surface area contributed by atoms with Gasteiger partial charge in [0.1, 0.15) is 0 Å². The van der Waals surface area contributed by atoms with E-state index in [-0.39, 0.29) is 24.7 Å².